The second-order valence-corrected chi connectivity index (χ2v) is 8.82. The van der Waals surface area contributed by atoms with Crippen molar-refractivity contribution in [1.82, 2.24) is 39.5 Å². The van der Waals surface area contributed by atoms with Crippen molar-refractivity contribution in [1.29, 1.82) is 0 Å². The van der Waals surface area contributed by atoms with Gasteiger partial charge in [-0.05, 0) is 33.3 Å². The molecule has 3 aromatic rings. The van der Waals surface area contributed by atoms with Gasteiger partial charge in [-0.1, -0.05) is 5.16 Å². The van der Waals surface area contributed by atoms with E-state index >= 15 is 0 Å². The summed E-state index contributed by atoms with van der Waals surface area (Å²) in [4.78, 5) is 17.3. The first-order valence-corrected chi connectivity index (χ1v) is 11.0. The van der Waals surface area contributed by atoms with Crippen LogP contribution in [0.25, 0.3) is 0 Å². The monoisotopic (exact) mass is 440 g/mol. The average Bonchev–Trinajstić information content (AvgIpc) is 3.55. The number of rotatable bonds is 5. The van der Waals surface area contributed by atoms with E-state index in [2.05, 4.69) is 43.8 Å². The number of carbonyl (C=O) groups excluding carboxylic acids is 1. The molecule has 2 aliphatic rings. The summed E-state index contributed by atoms with van der Waals surface area (Å²) in [6.07, 6.45) is 3.82. The molecule has 5 rings (SSSR count). The lowest BCUT2D eigenvalue weighted by atomic mass is 10.1. The zero-order valence-corrected chi connectivity index (χ0v) is 18.5. The largest absolute Gasteiger partial charge is 0.392 e. The van der Waals surface area contributed by atoms with Gasteiger partial charge in [-0.2, -0.15) is 5.10 Å². The summed E-state index contributed by atoms with van der Waals surface area (Å²) in [6, 6.07) is 2.17. The Labute approximate surface area is 185 Å². The number of aryl methyl sites for hydroxylation is 1. The maximum Gasteiger partial charge on any atom is 0.276 e. The molecule has 1 fully saturated rings. The molecule has 5 heterocycles. The van der Waals surface area contributed by atoms with Crippen LogP contribution in [-0.4, -0.2) is 75.8 Å². The number of aliphatic hydroxyl groups excluding tert-OH is 1. The topological polar surface area (TPSA) is 118 Å². The molecule has 3 aromatic heterocycles. The van der Waals surface area contributed by atoms with Gasteiger partial charge in [-0.25, -0.2) is 0 Å². The fourth-order valence-electron chi connectivity index (χ4n) is 4.71. The maximum atomic E-state index is 13.3. The van der Waals surface area contributed by atoms with Gasteiger partial charge >= 0.3 is 0 Å². The van der Waals surface area contributed by atoms with Crippen LogP contribution in [0.4, 0.5) is 0 Å². The van der Waals surface area contributed by atoms with Gasteiger partial charge in [0.1, 0.15) is 5.76 Å². The summed E-state index contributed by atoms with van der Waals surface area (Å²) in [7, 11) is 0. The Morgan fingerprint density at radius 1 is 1.31 bits per heavy atom. The molecular formula is C21H28N8O3. The fraction of sp³-hybridized carbons (Fsp3) is 0.571. The Balaban J connectivity index is 1.35. The van der Waals surface area contributed by atoms with Crippen LogP contribution in [0.3, 0.4) is 0 Å². The molecular weight excluding hydrogens is 412 g/mol. The van der Waals surface area contributed by atoms with Crippen LogP contribution in [0.1, 0.15) is 59.8 Å². The Morgan fingerprint density at radius 3 is 2.91 bits per heavy atom. The number of β-amino-alcohol motifs (C(OH)–C–C–N with tert-alkyl or cyclic N) is 1. The third-order valence-corrected chi connectivity index (χ3v) is 6.41. The Morgan fingerprint density at radius 2 is 2.16 bits per heavy atom. The van der Waals surface area contributed by atoms with Crippen LogP contribution in [0.15, 0.2) is 23.0 Å². The first kappa shape index (κ1) is 20.8. The van der Waals surface area contributed by atoms with Crippen LogP contribution in [0, 0.1) is 6.92 Å². The highest BCUT2D eigenvalue weighted by molar-refractivity contribution is 5.93. The van der Waals surface area contributed by atoms with Gasteiger partial charge in [0.2, 0.25) is 0 Å². The number of aromatic nitrogens is 6. The quantitative estimate of drug-likeness (QED) is 0.624. The molecule has 2 aliphatic heterocycles. The van der Waals surface area contributed by atoms with Crippen molar-refractivity contribution in [2.75, 3.05) is 13.1 Å². The van der Waals surface area contributed by atoms with Crippen LogP contribution < -0.4 is 0 Å². The number of aliphatic hydroxyl groups is 1. The van der Waals surface area contributed by atoms with Gasteiger partial charge < -0.3 is 19.1 Å². The number of nitrogens with zero attached hydrogens (tertiary/aromatic N) is 8. The number of carbonyl (C=O) groups is 1. The Hall–Kier alpha value is -3.05. The van der Waals surface area contributed by atoms with Gasteiger partial charge in [-0.15, -0.1) is 10.2 Å². The van der Waals surface area contributed by atoms with Crippen LogP contribution in [0.5, 0.6) is 0 Å². The van der Waals surface area contributed by atoms with Gasteiger partial charge in [0.05, 0.1) is 25.2 Å². The molecule has 11 nitrogen and oxygen atoms in total. The molecule has 0 saturated carbocycles. The van der Waals surface area contributed by atoms with Crippen molar-refractivity contribution in [3.8, 4) is 0 Å². The number of hydrogen-bond donors (Lipinski definition) is 1. The molecule has 1 N–H and O–H groups in total. The SMILES string of the molecule is Cc1onc(C(=O)N2CCn3c(nnc3[C@@H]3C[C@H](O)CN3C(C)C)C2)c1Cn1cccn1. The minimum atomic E-state index is -0.361. The fourth-order valence-corrected chi connectivity index (χ4v) is 4.71. The molecule has 0 aliphatic carbocycles. The van der Waals surface area contributed by atoms with E-state index in [9.17, 15) is 9.90 Å². The molecule has 0 radical (unpaired) electrons. The standard InChI is InChI=1S/C21H28N8O3/c1-13(2)29-10-15(30)9-17(29)20-24-23-18-12-26(7-8-28(18)20)21(31)19-16(14(3)32-25-19)11-27-6-4-5-22-27/h4-6,13,15,17,30H,7-12H2,1-3H3/t15-,17-/m0/s1. The molecule has 1 amide bonds. The number of hydrogen-bond acceptors (Lipinski definition) is 8. The van der Waals surface area contributed by atoms with Crippen molar-refractivity contribution in [2.45, 2.75) is 65.0 Å². The summed E-state index contributed by atoms with van der Waals surface area (Å²) in [5.74, 6) is 2.05. The summed E-state index contributed by atoms with van der Waals surface area (Å²) < 4.78 is 9.18. The van der Waals surface area contributed by atoms with Gasteiger partial charge in [-0.3, -0.25) is 14.4 Å². The average molecular weight is 441 g/mol. The van der Waals surface area contributed by atoms with E-state index in [0.717, 1.165) is 17.2 Å². The highest BCUT2D eigenvalue weighted by atomic mass is 16.5. The second-order valence-electron chi connectivity index (χ2n) is 8.82. The summed E-state index contributed by atoms with van der Waals surface area (Å²) in [6.45, 7) is 8.61. The highest BCUT2D eigenvalue weighted by Crippen LogP contribution is 2.34. The van der Waals surface area contributed by atoms with E-state index < -0.39 is 0 Å². The van der Waals surface area contributed by atoms with E-state index in [1.807, 2.05) is 12.3 Å². The number of amides is 1. The van der Waals surface area contributed by atoms with E-state index in [-0.39, 0.29) is 18.1 Å². The summed E-state index contributed by atoms with van der Waals surface area (Å²) >= 11 is 0. The van der Waals surface area contributed by atoms with E-state index in [0.29, 0.717) is 56.6 Å². The number of likely N-dealkylation sites (tertiary alicyclic amines) is 1. The lowest BCUT2D eigenvalue weighted by molar-refractivity contribution is 0.0692. The lowest BCUT2D eigenvalue weighted by Gasteiger charge is -2.31. The summed E-state index contributed by atoms with van der Waals surface area (Å²) in [5, 5.41) is 27.3. The molecule has 32 heavy (non-hydrogen) atoms. The Bertz CT molecular complexity index is 1100. The van der Waals surface area contributed by atoms with Gasteiger partial charge in [0.15, 0.2) is 17.3 Å². The lowest BCUT2D eigenvalue weighted by Crippen LogP contribution is -2.40. The third-order valence-electron chi connectivity index (χ3n) is 6.41. The van der Waals surface area contributed by atoms with Crippen LogP contribution in [-0.2, 0) is 19.6 Å². The van der Waals surface area contributed by atoms with Crippen molar-refractivity contribution in [3.63, 3.8) is 0 Å². The maximum absolute atomic E-state index is 13.3. The van der Waals surface area contributed by atoms with E-state index in [1.165, 1.54) is 0 Å². The van der Waals surface area contributed by atoms with Crippen molar-refractivity contribution in [3.05, 3.63) is 47.1 Å². The van der Waals surface area contributed by atoms with Gasteiger partial charge in [0.25, 0.3) is 5.91 Å². The van der Waals surface area contributed by atoms with Crippen LogP contribution in [0.2, 0.25) is 0 Å². The van der Waals surface area contributed by atoms with Crippen molar-refractivity contribution >= 4 is 5.91 Å². The molecule has 2 atom stereocenters. The van der Waals surface area contributed by atoms with E-state index in [1.54, 1.807) is 22.7 Å². The highest BCUT2D eigenvalue weighted by Gasteiger charge is 2.38. The zero-order valence-electron chi connectivity index (χ0n) is 18.5. The number of fused-ring (bicyclic) bond motifs is 1. The normalized spacial score (nSPS) is 21.5. The minimum Gasteiger partial charge on any atom is -0.392 e. The minimum absolute atomic E-state index is 0.0346. The molecule has 0 bridgehead atoms. The first-order valence-electron chi connectivity index (χ1n) is 11.0. The second kappa shape index (κ2) is 8.14. The van der Waals surface area contributed by atoms with Crippen molar-refractivity contribution in [2.24, 2.45) is 0 Å². The third kappa shape index (κ3) is 3.61. The molecule has 0 unspecified atom stereocenters. The smallest absolute Gasteiger partial charge is 0.276 e. The zero-order chi connectivity index (χ0) is 22.4. The van der Waals surface area contributed by atoms with E-state index in [4.69, 9.17) is 4.52 Å². The first-order chi connectivity index (χ1) is 15.4. The van der Waals surface area contributed by atoms with Crippen LogP contribution >= 0.6 is 0 Å². The van der Waals surface area contributed by atoms with Gasteiger partial charge in [0, 0.05) is 43.6 Å². The predicted molar refractivity (Wildman–Crippen MR) is 113 cm³/mol. The predicted octanol–water partition coefficient (Wildman–Crippen LogP) is 0.991. The Kier molecular flexibility index (Phi) is 5.30. The molecule has 1 saturated heterocycles. The molecule has 170 valence electrons. The van der Waals surface area contributed by atoms with Crippen molar-refractivity contribution < 1.29 is 14.4 Å². The molecule has 0 aromatic carbocycles. The summed E-state index contributed by atoms with van der Waals surface area (Å²) in [5.41, 5.74) is 1.05. The molecule has 11 heteroatoms. The molecule has 0 spiro atoms.